The molecule has 208 valence electrons. The number of furan rings is 1. The minimum absolute atomic E-state index is 0.0181. The van der Waals surface area contributed by atoms with Gasteiger partial charge in [-0.15, -0.1) is 0 Å². The van der Waals surface area contributed by atoms with Crippen LogP contribution in [0.3, 0.4) is 0 Å². The highest BCUT2D eigenvalue weighted by Gasteiger charge is 2.74. The quantitative estimate of drug-likeness (QED) is 0.402. The summed E-state index contributed by atoms with van der Waals surface area (Å²) in [6.45, 7) is -0.171. The van der Waals surface area contributed by atoms with E-state index in [4.69, 9.17) is 48.7 Å². The number of aromatic hydroxyl groups is 1. The summed E-state index contributed by atoms with van der Waals surface area (Å²) >= 11 is 17.4. The number of likely N-dealkylation sites (N-methyl/N-ethyl adjacent to an activating group) is 1. The van der Waals surface area contributed by atoms with Gasteiger partial charge in [-0.2, -0.15) is 0 Å². The van der Waals surface area contributed by atoms with Gasteiger partial charge in [0.1, 0.15) is 12.7 Å². The highest BCUT2D eigenvalue weighted by Crippen LogP contribution is 2.65. The standard InChI is InChI=1S/C27H27Cl3N2O7/c1-31(20(34)5-2-15-7-11-37-13-15)17-6-8-26(36)19-12-16-3-4-18(33)22-21(16)25(26,23(17)39-22)9-10-32(19)24(35)38-14-27(28,29)30/h2-5,7,11,13,17,19,23,33,36H,6,8-10,12,14H2,1H3/t17?,19-,23?,25+,26?/m1/s1. The number of amides is 2. The molecule has 2 bridgehead atoms. The van der Waals surface area contributed by atoms with Gasteiger partial charge in [0, 0.05) is 30.8 Å². The Bertz CT molecular complexity index is 1340. The van der Waals surface area contributed by atoms with Crippen LogP contribution in [0.25, 0.3) is 6.08 Å². The van der Waals surface area contributed by atoms with Crippen molar-refractivity contribution in [2.75, 3.05) is 20.2 Å². The lowest BCUT2D eigenvalue weighted by Gasteiger charge is -2.64. The molecule has 9 nitrogen and oxygen atoms in total. The lowest BCUT2D eigenvalue weighted by molar-refractivity contribution is -0.194. The second-order valence-corrected chi connectivity index (χ2v) is 13.2. The lowest BCUT2D eigenvalue weighted by Crippen LogP contribution is -2.78. The van der Waals surface area contributed by atoms with E-state index in [0.717, 1.165) is 16.7 Å². The van der Waals surface area contributed by atoms with E-state index in [1.165, 1.54) is 17.2 Å². The van der Waals surface area contributed by atoms with Crippen LogP contribution in [0.1, 0.15) is 36.0 Å². The van der Waals surface area contributed by atoms with Crippen molar-refractivity contribution in [2.45, 2.75) is 58.7 Å². The number of piperidine rings is 1. The van der Waals surface area contributed by atoms with Gasteiger partial charge in [-0.3, -0.25) is 4.79 Å². The summed E-state index contributed by atoms with van der Waals surface area (Å²) in [4.78, 5) is 29.5. The highest BCUT2D eigenvalue weighted by atomic mass is 35.6. The number of nitrogens with zero attached hydrogens (tertiary/aromatic N) is 2. The zero-order valence-electron chi connectivity index (χ0n) is 21.0. The minimum atomic E-state index is -1.76. The first kappa shape index (κ1) is 26.6. The number of hydrogen-bond donors (Lipinski definition) is 2. The number of carbonyl (C=O) groups excluding carboxylic acids is 2. The molecule has 12 heteroatoms. The maximum atomic E-state index is 13.2. The maximum Gasteiger partial charge on any atom is 0.410 e. The number of benzene rings is 1. The molecule has 2 aromatic rings. The summed E-state index contributed by atoms with van der Waals surface area (Å²) in [6, 6.07) is 4.08. The van der Waals surface area contributed by atoms with Gasteiger partial charge in [-0.25, -0.2) is 4.79 Å². The van der Waals surface area contributed by atoms with Crippen molar-refractivity contribution in [1.29, 1.82) is 0 Å². The average molecular weight is 598 g/mol. The van der Waals surface area contributed by atoms with E-state index in [0.29, 0.717) is 31.4 Å². The Morgan fingerprint density at radius 3 is 2.79 bits per heavy atom. The van der Waals surface area contributed by atoms with Gasteiger partial charge in [0.2, 0.25) is 9.70 Å². The third-order valence-electron chi connectivity index (χ3n) is 8.83. The van der Waals surface area contributed by atoms with E-state index in [-0.39, 0.29) is 18.2 Å². The highest BCUT2D eigenvalue weighted by molar-refractivity contribution is 6.67. The number of rotatable bonds is 4. The maximum absolute atomic E-state index is 13.2. The zero-order chi connectivity index (χ0) is 27.7. The molecule has 1 saturated carbocycles. The second-order valence-electron chi connectivity index (χ2n) is 10.7. The van der Waals surface area contributed by atoms with Crippen molar-refractivity contribution in [3.8, 4) is 11.5 Å². The predicted molar refractivity (Wildman–Crippen MR) is 143 cm³/mol. The van der Waals surface area contributed by atoms with Crippen molar-refractivity contribution in [1.82, 2.24) is 9.80 Å². The number of aliphatic hydroxyl groups is 1. The fraction of sp³-hybridized carbons (Fsp3) is 0.481. The van der Waals surface area contributed by atoms with Gasteiger partial charge in [-0.1, -0.05) is 40.9 Å². The Hall–Kier alpha value is -2.59. The average Bonchev–Trinajstić information content (AvgIpc) is 3.52. The molecule has 1 aromatic carbocycles. The van der Waals surface area contributed by atoms with E-state index >= 15 is 0 Å². The number of phenolic OH excluding ortho intramolecular Hbond substituents is 1. The normalized spacial score (nSPS) is 30.6. The van der Waals surface area contributed by atoms with E-state index < -0.39 is 45.7 Å². The van der Waals surface area contributed by atoms with Crippen LogP contribution in [0.15, 0.2) is 41.2 Å². The van der Waals surface area contributed by atoms with Gasteiger partial charge >= 0.3 is 6.09 Å². The van der Waals surface area contributed by atoms with Crippen LogP contribution in [-0.2, 0) is 21.4 Å². The Morgan fingerprint density at radius 1 is 1.28 bits per heavy atom. The fourth-order valence-corrected chi connectivity index (χ4v) is 7.34. The van der Waals surface area contributed by atoms with E-state index in [1.807, 2.05) is 0 Å². The van der Waals surface area contributed by atoms with Crippen molar-refractivity contribution < 1.29 is 33.7 Å². The molecular weight excluding hydrogens is 571 g/mol. The van der Waals surface area contributed by atoms with Crippen LogP contribution in [-0.4, -0.2) is 79.8 Å². The summed E-state index contributed by atoms with van der Waals surface area (Å²) in [5, 5.41) is 23.3. The summed E-state index contributed by atoms with van der Waals surface area (Å²) < 4.78 is 15.1. The number of ether oxygens (including phenoxy) is 2. The summed E-state index contributed by atoms with van der Waals surface area (Å²) in [7, 11) is 1.71. The molecule has 0 radical (unpaired) electrons. The molecule has 2 aliphatic heterocycles. The molecule has 39 heavy (non-hydrogen) atoms. The van der Waals surface area contributed by atoms with Crippen molar-refractivity contribution in [3.63, 3.8) is 0 Å². The SMILES string of the molecule is CN(C(=O)C=Cc1ccoc1)C1CCC2(O)[C@H]3Cc4ccc(O)c5c4[C@@]2(CCN3C(=O)OCC(Cl)(Cl)Cl)C1O5. The topological polar surface area (TPSA) is 113 Å². The molecule has 3 heterocycles. The minimum Gasteiger partial charge on any atom is -0.504 e. The number of halogens is 3. The smallest absolute Gasteiger partial charge is 0.410 e. The monoisotopic (exact) mass is 596 g/mol. The van der Waals surface area contributed by atoms with Crippen LogP contribution < -0.4 is 4.74 Å². The van der Waals surface area contributed by atoms with Gasteiger partial charge in [0.15, 0.2) is 11.5 Å². The first-order chi connectivity index (χ1) is 18.5. The third kappa shape index (κ3) is 4.00. The van der Waals surface area contributed by atoms with Crippen molar-refractivity contribution in [3.05, 3.63) is 53.5 Å². The largest absolute Gasteiger partial charge is 0.504 e. The van der Waals surface area contributed by atoms with Gasteiger partial charge < -0.3 is 33.9 Å². The van der Waals surface area contributed by atoms with Crippen LogP contribution in [0.2, 0.25) is 0 Å². The molecule has 2 fully saturated rings. The molecule has 1 spiro atoms. The lowest BCUT2D eigenvalue weighted by atomic mass is 9.48. The molecule has 1 aromatic heterocycles. The molecule has 2 aliphatic carbocycles. The Kier molecular flexibility index (Phi) is 6.30. The second kappa shape index (κ2) is 9.23. The first-order valence-electron chi connectivity index (χ1n) is 12.7. The fourth-order valence-electron chi connectivity index (χ4n) is 7.18. The van der Waals surface area contributed by atoms with Crippen LogP contribution in [0.5, 0.6) is 11.5 Å². The summed E-state index contributed by atoms with van der Waals surface area (Å²) in [5.41, 5.74) is 0.0512. The van der Waals surface area contributed by atoms with Gasteiger partial charge in [0.25, 0.3) is 0 Å². The number of carbonyl (C=O) groups is 2. The van der Waals surface area contributed by atoms with Crippen LogP contribution >= 0.6 is 34.8 Å². The van der Waals surface area contributed by atoms with Gasteiger partial charge in [-0.05, 0) is 49.5 Å². The Balaban J connectivity index is 1.36. The molecule has 5 atom stereocenters. The number of likely N-dealkylation sites (tertiary alicyclic amines) is 1. The number of hydrogen-bond acceptors (Lipinski definition) is 7. The molecule has 6 rings (SSSR count). The predicted octanol–water partition coefficient (Wildman–Crippen LogP) is 4.19. The van der Waals surface area contributed by atoms with Crippen LogP contribution in [0, 0.1) is 0 Å². The Morgan fingerprint density at radius 2 is 2.08 bits per heavy atom. The molecular formula is C27H27Cl3N2O7. The third-order valence-corrected chi connectivity index (χ3v) is 9.16. The van der Waals surface area contributed by atoms with E-state index in [1.54, 1.807) is 42.5 Å². The summed E-state index contributed by atoms with van der Waals surface area (Å²) in [5.74, 6) is 0.0887. The molecule has 2 amide bonds. The number of alkyl halides is 3. The van der Waals surface area contributed by atoms with E-state index in [9.17, 15) is 19.8 Å². The van der Waals surface area contributed by atoms with Gasteiger partial charge in [0.05, 0.1) is 35.6 Å². The van der Waals surface area contributed by atoms with Crippen molar-refractivity contribution in [2.24, 2.45) is 0 Å². The Labute approximate surface area is 239 Å². The van der Waals surface area contributed by atoms with Crippen LogP contribution in [0.4, 0.5) is 4.79 Å². The molecule has 3 unspecified atom stereocenters. The first-order valence-corrected chi connectivity index (χ1v) is 13.8. The number of phenols is 1. The van der Waals surface area contributed by atoms with E-state index in [2.05, 4.69) is 0 Å². The summed E-state index contributed by atoms with van der Waals surface area (Å²) in [6.07, 6.45) is 6.29. The van der Waals surface area contributed by atoms with Crippen molar-refractivity contribution >= 4 is 52.9 Å². The zero-order valence-corrected chi connectivity index (χ0v) is 23.2. The molecule has 1 saturated heterocycles. The molecule has 4 aliphatic rings. The molecule has 2 N–H and O–H groups in total.